The van der Waals surface area contributed by atoms with E-state index in [0.717, 1.165) is 0 Å². The molecule has 0 fully saturated rings. The molecule has 0 atom stereocenters. The van der Waals surface area contributed by atoms with Crippen LogP contribution in [0.3, 0.4) is 0 Å². The molecule has 1 rings (SSSR count). The van der Waals surface area contributed by atoms with Crippen LogP contribution in [-0.4, -0.2) is 25.7 Å². The lowest BCUT2D eigenvalue weighted by atomic mass is 10.1. The number of hydrogen-bond acceptors (Lipinski definition) is 4. The third kappa shape index (κ3) is 5.09. The summed E-state index contributed by atoms with van der Waals surface area (Å²) < 4.78 is 9.32. The number of rotatable bonds is 3. The summed E-state index contributed by atoms with van der Waals surface area (Å²) in [6.45, 7) is 2.06. The fourth-order valence-corrected chi connectivity index (χ4v) is 1.27. The molecule has 0 aliphatic heterocycles. The predicted octanol–water partition coefficient (Wildman–Crippen LogP) is 1.94. The lowest BCUT2D eigenvalue weighted by Gasteiger charge is -1.98. The predicted molar refractivity (Wildman–Crippen MR) is 70.4 cm³/mol. The van der Waals surface area contributed by atoms with Crippen molar-refractivity contribution in [3.05, 3.63) is 47.5 Å². The average molecular weight is 258 g/mol. The maximum Gasteiger partial charge on any atom is 0.337 e. The molecule has 0 amide bonds. The van der Waals surface area contributed by atoms with Gasteiger partial charge in [0.1, 0.15) is 0 Å². The van der Waals surface area contributed by atoms with Gasteiger partial charge < -0.3 is 9.47 Å². The van der Waals surface area contributed by atoms with Crippen molar-refractivity contribution in [3.63, 3.8) is 0 Å². The van der Waals surface area contributed by atoms with Crippen LogP contribution in [0.15, 0.2) is 36.4 Å². The Labute approximate surface area is 112 Å². The van der Waals surface area contributed by atoms with Gasteiger partial charge in [0.15, 0.2) is 0 Å². The Morgan fingerprint density at radius 1 is 1.37 bits per heavy atom. The first-order valence-corrected chi connectivity index (χ1v) is 5.70. The molecule has 0 spiro atoms. The summed E-state index contributed by atoms with van der Waals surface area (Å²) in [7, 11) is 1.32. The van der Waals surface area contributed by atoms with Crippen molar-refractivity contribution < 1.29 is 19.1 Å². The molecule has 0 aromatic heterocycles. The number of carbonyl (C=O) groups is 2. The van der Waals surface area contributed by atoms with Crippen molar-refractivity contribution in [1.82, 2.24) is 0 Å². The molecule has 4 nitrogen and oxygen atoms in total. The zero-order valence-corrected chi connectivity index (χ0v) is 10.8. The van der Waals surface area contributed by atoms with Gasteiger partial charge >= 0.3 is 11.9 Å². The highest BCUT2D eigenvalue weighted by atomic mass is 16.5. The zero-order chi connectivity index (χ0) is 14.1. The summed E-state index contributed by atoms with van der Waals surface area (Å²) >= 11 is 0. The fourth-order valence-electron chi connectivity index (χ4n) is 1.27. The molecule has 0 bridgehead atoms. The van der Waals surface area contributed by atoms with Gasteiger partial charge in [-0.25, -0.2) is 9.59 Å². The Bertz CT molecular complexity index is 547. The smallest absolute Gasteiger partial charge is 0.337 e. The first-order valence-electron chi connectivity index (χ1n) is 5.70. The molecule has 0 saturated carbocycles. The molecule has 0 aliphatic rings. The highest BCUT2D eigenvalue weighted by Gasteiger charge is 2.03. The third-order valence-electron chi connectivity index (χ3n) is 2.09. The van der Waals surface area contributed by atoms with E-state index in [1.54, 1.807) is 31.2 Å². The Morgan fingerprint density at radius 3 is 2.84 bits per heavy atom. The minimum Gasteiger partial charge on any atom is -0.465 e. The van der Waals surface area contributed by atoms with Gasteiger partial charge in [0.05, 0.1) is 19.3 Å². The van der Waals surface area contributed by atoms with Crippen LogP contribution in [0.2, 0.25) is 0 Å². The van der Waals surface area contributed by atoms with E-state index in [2.05, 4.69) is 16.6 Å². The van der Waals surface area contributed by atoms with Gasteiger partial charge in [0.25, 0.3) is 0 Å². The highest BCUT2D eigenvalue weighted by molar-refractivity contribution is 5.89. The minimum absolute atomic E-state index is 0.331. The van der Waals surface area contributed by atoms with Crippen molar-refractivity contribution in [2.75, 3.05) is 13.7 Å². The third-order valence-corrected chi connectivity index (χ3v) is 2.09. The van der Waals surface area contributed by atoms with E-state index >= 15 is 0 Å². The Balaban J connectivity index is 2.73. The molecule has 0 unspecified atom stereocenters. The van der Waals surface area contributed by atoms with Crippen molar-refractivity contribution in [1.29, 1.82) is 0 Å². The van der Waals surface area contributed by atoms with Crippen molar-refractivity contribution in [2.45, 2.75) is 6.92 Å². The van der Waals surface area contributed by atoms with Crippen molar-refractivity contribution in [2.24, 2.45) is 0 Å². The zero-order valence-electron chi connectivity index (χ0n) is 10.8. The van der Waals surface area contributed by atoms with Crippen LogP contribution in [0, 0.1) is 11.8 Å². The molecule has 98 valence electrons. The fraction of sp³-hybridized carbons (Fsp3) is 0.200. The SMILES string of the molecule is CCOC(=O)/C=C\C#Cc1cccc(C(=O)OC)c1. The largest absolute Gasteiger partial charge is 0.465 e. The van der Waals surface area contributed by atoms with Crippen LogP contribution in [0.4, 0.5) is 0 Å². The quantitative estimate of drug-likeness (QED) is 0.472. The molecule has 19 heavy (non-hydrogen) atoms. The summed E-state index contributed by atoms with van der Waals surface area (Å²) in [5.74, 6) is 4.66. The summed E-state index contributed by atoms with van der Waals surface area (Å²) in [5, 5.41) is 0. The van der Waals surface area contributed by atoms with Gasteiger partial charge in [-0.2, -0.15) is 0 Å². The number of carbonyl (C=O) groups excluding carboxylic acids is 2. The molecule has 1 aromatic carbocycles. The van der Waals surface area contributed by atoms with E-state index in [1.165, 1.54) is 19.3 Å². The van der Waals surface area contributed by atoms with Gasteiger partial charge in [0, 0.05) is 11.6 Å². The average Bonchev–Trinajstić information content (AvgIpc) is 2.43. The minimum atomic E-state index is -0.430. The van der Waals surface area contributed by atoms with Gasteiger partial charge in [-0.15, -0.1) is 0 Å². The maximum absolute atomic E-state index is 11.3. The number of allylic oxidation sites excluding steroid dienone is 1. The van der Waals surface area contributed by atoms with Gasteiger partial charge in [-0.05, 0) is 31.2 Å². The topological polar surface area (TPSA) is 52.6 Å². The normalized spacial score (nSPS) is 9.58. The van der Waals surface area contributed by atoms with Crippen LogP contribution < -0.4 is 0 Å². The number of methoxy groups -OCH3 is 1. The second-order valence-electron chi connectivity index (χ2n) is 3.43. The summed E-state index contributed by atoms with van der Waals surface area (Å²) in [6.07, 6.45) is 2.66. The number of ether oxygens (including phenoxy) is 2. The summed E-state index contributed by atoms with van der Waals surface area (Å²) in [4.78, 5) is 22.3. The molecule has 0 heterocycles. The van der Waals surface area contributed by atoms with Gasteiger partial charge in [-0.3, -0.25) is 0 Å². The standard InChI is InChI=1S/C15H14O4/c1-3-19-14(16)10-5-4-7-12-8-6-9-13(11-12)15(17)18-2/h5-6,8-11H,3H2,1-2H3/b10-5-. The van der Waals surface area contributed by atoms with Crippen LogP contribution in [0.5, 0.6) is 0 Å². The molecule has 0 saturated heterocycles. The molecular weight excluding hydrogens is 244 g/mol. The molecule has 0 aliphatic carbocycles. The molecular formula is C15H14O4. The maximum atomic E-state index is 11.3. The monoisotopic (exact) mass is 258 g/mol. The Kier molecular flexibility index (Phi) is 5.90. The molecule has 0 N–H and O–H groups in total. The lowest BCUT2D eigenvalue weighted by molar-refractivity contribution is -0.137. The highest BCUT2D eigenvalue weighted by Crippen LogP contribution is 2.05. The van der Waals surface area contributed by atoms with E-state index in [4.69, 9.17) is 4.74 Å². The van der Waals surface area contributed by atoms with Crippen LogP contribution >= 0.6 is 0 Å². The van der Waals surface area contributed by atoms with Crippen LogP contribution in [-0.2, 0) is 14.3 Å². The van der Waals surface area contributed by atoms with Crippen LogP contribution in [0.1, 0.15) is 22.8 Å². The van der Waals surface area contributed by atoms with Gasteiger partial charge in [-0.1, -0.05) is 17.9 Å². The summed E-state index contributed by atoms with van der Waals surface area (Å²) in [6, 6.07) is 6.74. The molecule has 0 radical (unpaired) electrons. The van der Waals surface area contributed by atoms with E-state index in [0.29, 0.717) is 17.7 Å². The number of hydrogen-bond donors (Lipinski definition) is 0. The first kappa shape index (κ1) is 14.5. The molecule has 4 heteroatoms. The summed E-state index contributed by atoms with van der Waals surface area (Å²) in [5.41, 5.74) is 1.10. The Hall–Kier alpha value is -2.54. The van der Waals surface area contributed by atoms with E-state index < -0.39 is 11.9 Å². The molecule has 1 aromatic rings. The van der Waals surface area contributed by atoms with E-state index in [1.807, 2.05) is 0 Å². The van der Waals surface area contributed by atoms with Crippen molar-refractivity contribution in [3.8, 4) is 11.8 Å². The second kappa shape index (κ2) is 7.72. The lowest BCUT2D eigenvalue weighted by Crippen LogP contribution is -2.00. The van der Waals surface area contributed by atoms with Crippen LogP contribution in [0.25, 0.3) is 0 Å². The van der Waals surface area contributed by atoms with Crippen molar-refractivity contribution >= 4 is 11.9 Å². The number of benzene rings is 1. The van der Waals surface area contributed by atoms with E-state index in [9.17, 15) is 9.59 Å². The number of esters is 2. The Morgan fingerprint density at radius 2 is 2.16 bits per heavy atom. The first-order chi connectivity index (χ1) is 9.17. The van der Waals surface area contributed by atoms with Gasteiger partial charge in [0.2, 0.25) is 0 Å². The van der Waals surface area contributed by atoms with E-state index in [-0.39, 0.29) is 0 Å². The second-order valence-corrected chi connectivity index (χ2v) is 3.43.